The minimum absolute atomic E-state index is 0.153. The summed E-state index contributed by atoms with van der Waals surface area (Å²) >= 11 is 0. The monoisotopic (exact) mass is 738 g/mol. The zero-order valence-electron chi connectivity index (χ0n) is 30.1. The lowest BCUT2D eigenvalue weighted by molar-refractivity contribution is -0.106. The van der Waals surface area contributed by atoms with Crippen molar-refractivity contribution in [1.82, 2.24) is 0 Å². The topological polar surface area (TPSA) is 138 Å². The highest BCUT2D eigenvalue weighted by molar-refractivity contribution is 7.45. The van der Waals surface area contributed by atoms with Gasteiger partial charge in [0.15, 0.2) is 11.0 Å². The van der Waals surface area contributed by atoms with E-state index in [1.807, 2.05) is 37.3 Å². The largest absolute Gasteiger partial charge is 0.396 e. The zero-order valence-corrected chi connectivity index (χ0v) is 32.4. The summed E-state index contributed by atoms with van der Waals surface area (Å²) in [6.07, 6.45) is 15.3. The summed E-state index contributed by atoms with van der Waals surface area (Å²) in [5, 5.41) is 15.4. The fourth-order valence-electron chi connectivity index (χ4n) is 4.05. The molecule has 0 aliphatic rings. The van der Waals surface area contributed by atoms with Crippen molar-refractivity contribution in [2.75, 3.05) is 26.4 Å². The Morgan fingerprint density at radius 3 is 1.33 bits per heavy atom. The summed E-state index contributed by atoms with van der Waals surface area (Å²) in [6.45, 7) is 14.9. The Morgan fingerprint density at radius 2 is 0.941 bits per heavy atom. The minimum atomic E-state index is -0.161. The molecule has 0 bridgehead atoms. The van der Waals surface area contributed by atoms with Gasteiger partial charge in [-0.3, -0.25) is 14.4 Å². The highest BCUT2D eigenvalue weighted by Gasteiger charge is 2.00. The smallest absolute Gasteiger partial charge is 0.195 e. The second kappa shape index (κ2) is 28.4. The van der Waals surface area contributed by atoms with Gasteiger partial charge in [0.05, 0.1) is 12.4 Å². The number of benzene rings is 2. The first kappa shape index (κ1) is 44.7. The van der Waals surface area contributed by atoms with Crippen LogP contribution in [0.15, 0.2) is 70.2 Å². The molecule has 0 radical (unpaired) electrons. The number of nitrogens with zero attached hydrogens (tertiary/aromatic N) is 4. The van der Waals surface area contributed by atoms with E-state index in [4.69, 9.17) is 19.4 Å². The van der Waals surface area contributed by atoms with Crippen LogP contribution in [0, 0.1) is 6.92 Å². The van der Waals surface area contributed by atoms with Gasteiger partial charge in [0.1, 0.15) is 44.1 Å². The van der Waals surface area contributed by atoms with E-state index in [2.05, 4.69) is 52.3 Å². The zero-order chi connectivity index (χ0) is 37.7. The van der Waals surface area contributed by atoms with Crippen molar-refractivity contribution in [3.05, 3.63) is 82.9 Å². The van der Waals surface area contributed by atoms with Crippen LogP contribution in [-0.4, -0.2) is 67.6 Å². The summed E-state index contributed by atoms with van der Waals surface area (Å²) in [6, 6.07) is 11.5. The Balaban J connectivity index is 0.000000510. The van der Waals surface area contributed by atoms with Crippen LogP contribution in [0.25, 0.3) is 12.2 Å². The molecule has 2 rings (SSSR count). The molecule has 2 atom stereocenters. The lowest BCUT2D eigenvalue weighted by atomic mass is 10.1. The average Bonchev–Trinajstić information content (AvgIpc) is 3.12. The predicted molar refractivity (Wildman–Crippen MR) is 215 cm³/mol. The van der Waals surface area contributed by atoms with Gasteiger partial charge in [0.25, 0.3) is 0 Å². The van der Waals surface area contributed by atoms with Crippen molar-refractivity contribution in [2.45, 2.75) is 72.1 Å². The van der Waals surface area contributed by atoms with E-state index in [-0.39, 0.29) is 11.0 Å². The number of hydrogen-bond donors (Lipinski definition) is 0. The number of aryl methyl sites for hydroxylation is 1. The SMILES string of the molecule is C/C(=N/OCCCCCCO/N=C/c1cc(C)cc(C=O)c1)C(=O)P.C=Cc1cc(C=C)cc(/C=N/OCCCCCCO/N=C(/C)C(=O)P)c1. The standard InChI is InChI=1S/C20H27N2O3P.C18H25N2O4P/c1-4-17-12-18(5-2)14-19(13-17)15-21-24-10-8-6-7-9-11-25-22-16(3)20(23)26;1-14-9-16(11-17(10-14)13-21)12-19-23-7-5-3-4-6-8-24-20-15(2)18(22)25/h4-5,12-15H,1-2,6-11,26H2,3H3;9-13H,3-8,25H2,1-2H3/b21-15+,22-16-;19-12+,20-15-. The molecule has 13 heteroatoms. The molecule has 0 saturated heterocycles. The molecule has 51 heavy (non-hydrogen) atoms. The van der Waals surface area contributed by atoms with Crippen LogP contribution < -0.4 is 0 Å². The molecular weight excluding hydrogens is 686 g/mol. The van der Waals surface area contributed by atoms with Gasteiger partial charge in [-0.05, 0) is 130 Å². The fraction of sp³-hybridized carbons (Fsp3) is 0.395. The first-order chi connectivity index (χ1) is 24.6. The highest BCUT2D eigenvalue weighted by atomic mass is 31.0. The lowest BCUT2D eigenvalue weighted by Gasteiger charge is -2.02. The van der Waals surface area contributed by atoms with Gasteiger partial charge >= 0.3 is 0 Å². The first-order valence-electron chi connectivity index (χ1n) is 16.8. The number of carbonyl (C=O) groups is 3. The molecule has 0 spiro atoms. The van der Waals surface area contributed by atoms with Crippen molar-refractivity contribution in [3.8, 4) is 0 Å². The lowest BCUT2D eigenvalue weighted by Crippen LogP contribution is -2.02. The van der Waals surface area contributed by atoms with Crippen LogP contribution in [0.2, 0.25) is 0 Å². The van der Waals surface area contributed by atoms with Crippen molar-refractivity contribution in [3.63, 3.8) is 0 Å². The van der Waals surface area contributed by atoms with Gasteiger partial charge in [-0.2, -0.15) is 0 Å². The molecule has 2 aromatic rings. The Morgan fingerprint density at radius 1 is 0.588 bits per heavy atom. The number of oxime groups is 4. The maximum atomic E-state index is 10.9. The number of unbranched alkanes of at least 4 members (excludes halogenated alkanes) is 6. The van der Waals surface area contributed by atoms with Gasteiger partial charge in [0.2, 0.25) is 0 Å². The van der Waals surface area contributed by atoms with Crippen molar-refractivity contribution in [2.24, 2.45) is 20.6 Å². The average molecular weight is 739 g/mol. The quantitative estimate of drug-likeness (QED) is 0.0329. The summed E-state index contributed by atoms with van der Waals surface area (Å²) in [4.78, 5) is 53.2. The van der Waals surface area contributed by atoms with E-state index in [9.17, 15) is 14.4 Å². The third-order valence-corrected chi connectivity index (χ3v) is 7.68. The van der Waals surface area contributed by atoms with Crippen LogP contribution in [0.5, 0.6) is 0 Å². The van der Waals surface area contributed by atoms with E-state index in [1.165, 1.54) is 0 Å². The van der Waals surface area contributed by atoms with Crippen molar-refractivity contribution in [1.29, 1.82) is 0 Å². The van der Waals surface area contributed by atoms with E-state index in [0.717, 1.165) is 85.5 Å². The third kappa shape index (κ3) is 22.9. The third-order valence-electron chi connectivity index (χ3n) is 6.84. The molecule has 0 N–H and O–H groups in total. The Bertz CT molecular complexity index is 1500. The molecular formula is C38H52N4O7P2. The number of aldehydes is 1. The van der Waals surface area contributed by atoms with Crippen molar-refractivity contribution < 1.29 is 33.7 Å². The maximum Gasteiger partial charge on any atom is 0.195 e. The summed E-state index contributed by atoms with van der Waals surface area (Å²) in [5.74, 6) is 0. The van der Waals surface area contributed by atoms with E-state index in [1.54, 1.807) is 44.5 Å². The van der Waals surface area contributed by atoms with Gasteiger partial charge in [-0.25, -0.2) is 0 Å². The fourth-order valence-corrected chi connectivity index (χ4v) is 4.15. The molecule has 0 aliphatic carbocycles. The molecule has 2 aromatic carbocycles. The van der Waals surface area contributed by atoms with Crippen LogP contribution >= 0.6 is 18.5 Å². The van der Waals surface area contributed by atoms with Gasteiger partial charge in [-0.15, -0.1) is 0 Å². The second-order valence-corrected chi connectivity index (χ2v) is 12.4. The van der Waals surface area contributed by atoms with E-state index in [0.29, 0.717) is 43.4 Å². The molecule has 0 amide bonds. The number of rotatable bonds is 25. The Kier molecular flexibility index (Phi) is 24.9. The molecule has 0 saturated carbocycles. The van der Waals surface area contributed by atoms with E-state index >= 15 is 0 Å². The minimum Gasteiger partial charge on any atom is -0.396 e. The molecule has 0 aliphatic heterocycles. The number of carbonyl (C=O) groups excluding carboxylic acids is 3. The van der Waals surface area contributed by atoms with Crippen molar-refractivity contribution >= 4 is 71.8 Å². The maximum absolute atomic E-state index is 10.9. The van der Waals surface area contributed by atoms with Crippen LogP contribution in [0.1, 0.15) is 103 Å². The first-order valence-corrected chi connectivity index (χ1v) is 17.9. The van der Waals surface area contributed by atoms with Crippen LogP contribution in [-0.2, 0) is 28.9 Å². The molecule has 0 aromatic heterocycles. The molecule has 0 fully saturated rings. The van der Waals surface area contributed by atoms with Crippen LogP contribution in [0.4, 0.5) is 0 Å². The molecule has 0 heterocycles. The normalized spacial score (nSPS) is 11.5. The summed E-state index contributed by atoms with van der Waals surface area (Å²) in [5.41, 5.74) is 5.88. The number of hydrogen-bond acceptors (Lipinski definition) is 11. The molecule has 11 nitrogen and oxygen atoms in total. The van der Waals surface area contributed by atoms with Gasteiger partial charge < -0.3 is 19.4 Å². The molecule has 2 unspecified atom stereocenters. The Labute approximate surface area is 307 Å². The highest BCUT2D eigenvalue weighted by Crippen LogP contribution is 2.12. The second-order valence-electron chi connectivity index (χ2n) is 11.3. The van der Waals surface area contributed by atoms with Crippen LogP contribution in [0.3, 0.4) is 0 Å². The van der Waals surface area contributed by atoms with Gasteiger partial charge in [-0.1, -0.05) is 70.5 Å². The Hall–Kier alpha value is -4.33. The van der Waals surface area contributed by atoms with E-state index < -0.39 is 0 Å². The summed E-state index contributed by atoms with van der Waals surface area (Å²) < 4.78 is 0. The van der Waals surface area contributed by atoms with Gasteiger partial charge in [0, 0.05) is 5.56 Å². The molecule has 276 valence electrons. The predicted octanol–water partition coefficient (Wildman–Crippen LogP) is 8.19. The summed E-state index contributed by atoms with van der Waals surface area (Å²) in [7, 11) is 4.12.